The minimum atomic E-state index is -0.172. The number of carbonyl (C=O) groups is 1. The highest BCUT2D eigenvalue weighted by Crippen LogP contribution is 2.24. The summed E-state index contributed by atoms with van der Waals surface area (Å²) in [4.78, 5) is 14.9. The first kappa shape index (κ1) is 20.7. The van der Waals surface area contributed by atoms with Crippen LogP contribution in [0.25, 0.3) is 5.69 Å². The van der Waals surface area contributed by atoms with E-state index in [0.29, 0.717) is 0 Å². The van der Waals surface area contributed by atoms with Crippen molar-refractivity contribution in [2.45, 2.75) is 43.9 Å². The molecule has 0 spiro atoms. The summed E-state index contributed by atoms with van der Waals surface area (Å²) in [7, 11) is 0. The average Bonchev–Trinajstić information content (AvgIpc) is 3.44. The lowest BCUT2D eigenvalue weighted by atomic mass is 10.1. The maximum absolute atomic E-state index is 12.5. The van der Waals surface area contributed by atoms with Crippen molar-refractivity contribution in [1.29, 1.82) is 0 Å². The molecule has 0 bridgehead atoms. The van der Waals surface area contributed by atoms with Crippen LogP contribution in [0.2, 0.25) is 0 Å². The van der Waals surface area contributed by atoms with Gasteiger partial charge < -0.3 is 9.73 Å². The molecule has 158 valence electrons. The van der Waals surface area contributed by atoms with Crippen LogP contribution >= 0.6 is 11.8 Å². The van der Waals surface area contributed by atoms with Gasteiger partial charge in [-0.05, 0) is 57.1 Å². The Balaban J connectivity index is 1.46. The highest BCUT2D eigenvalue weighted by molar-refractivity contribution is 7.99. The topological polar surface area (TPSA) is 76.2 Å². The third-order valence-corrected chi connectivity index (χ3v) is 6.14. The van der Waals surface area contributed by atoms with Gasteiger partial charge in [0, 0.05) is 5.69 Å². The van der Waals surface area contributed by atoms with E-state index in [1.54, 1.807) is 6.26 Å². The van der Waals surface area contributed by atoms with Crippen molar-refractivity contribution < 1.29 is 9.21 Å². The van der Waals surface area contributed by atoms with Crippen molar-refractivity contribution in [3.8, 4) is 5.69 Å². The van der Waals surface area contributed by atoms with Crippen LogP contribution in [0.3, 0.4) is 0 Å². The second-order valence-corrected chi connectivity index (χ2v) is 8.44. The molecular weight excluding hydrogens is 398 g/mol. The van der Waals surface area contributed by atoms with Crippen LogP contribution < -0.4 is 5.32 Å². The van der Waals surface area contributed by atoms with Crippen molar-refractivity contribution >= 4 is 17.7 Å². The fraction of sp³-hybridized carbons (Fsp3) is 0.409. The van der Waals surface area contributed by atoms with Crippen LogP contribution in [0.15, 0.2) is 58.3 Å². The fourth-order valence-electron chi connectivity index (χ4n) is 3.67. The highest BCUT2D eigenvalue weighted by atomic mass is 32.2. The molecule has 1 amide bonds. The molecule has 0 unspecified atom stereocenters. The van der Waals surface area contributed by atoms with Crippen molar-refractivity contribution in [2.24, 2.45) is 0 Å². The third kappa shape index (κ3) is 5.12. The summed E-state index contributed by atoms with van der Waals surface area (Å²) in [6, 6.07) is 13.6. The van der Waals surface area contributed by atoms with Crippen LogP contribution in [0.1, 0.15) is 43.8 Å². The Hall–Kier alpha value is -2.58. The Labute approximate surface area is 180 Å². The third-order valence-electron chi connectivity index (χ3n) is 5.21. The summed E-state index contributed by atoms with van der Waals surface area (Å²) in [5.41, 5.74) is 1.02. The predicted molar refractivity (Wildman–Crippen MR) is 116 cm³/mol. The molecule has 1 atom stereocenters. The smallest absolute Gasteiger partial charge is 0.231 e. The van der Waals surface area contributed by atoms with E-state index in [-0.39, 0.29) is 17.7 Å². The standard InChI is InChI=1S/C22H27N5O2S/c1-17(19-11-8-14-29-19)23-21(28)16-30-22-25-24-20(15-26-12-6-3-7-13-26)27(22)18-9-4-2-5-10-18/h2,4-5,8-11,14,17H,3,6-7,12-13,15-16H2,1H3,(H,23,28)/t17-/m1/s1. The van der Waals surface area contributed by atoms with Gasteiger partial charge in [-0.15, -0.1) is 10.2 Å². The molecule has 30 heavy (non-hydrogen) atoms. The van der Waals surface area contributed by atoms with Gasteiger partial charge in [0.05, 0.1) is 24.6 Å². The van der Waals surface area contributed by atoms with Crippen LogP contribution in [-0.2, 0) is 11.3 Å². The maximum Gasteiger partial charge on any atom is 0.231 e. The number of benzene rings is 1. The number of likely N-dealkylation sites (tertiary alicyclic amines) is 1. The van der Waals surface area contributed by atoms with E-state index >= 15 is 0 Å². The predicted octanol–water partition coefficient (Wildman–Crippen LogP) is 3.82. The van der Waals surface area contributed by atoms with Crippen molar-refractivity contribution in [1.82, 2.24) is 25.0 Å². The highest BCUT2D eigenvalue weighted by Gasteiger charge is 2.20. The lowest BCUT2D eigenvalue weighted by molar-refractivity contribution is -0.119. The van der Waals surface area contributed by atoms with E-state index in [2.05, 4.69) is 25.0 Å². The van der Waals surface area contributed by atoms with Gasteiger partial charge >= 0.3 is 0 Å². The van der Waals surface area contributed by atoms with E-state index in [1.807, 2.05) is 49.4 Å². The molecule has 8 heteroatoms. The molecule has 3 heterocycles. The number of furan rings is 1. The molecule has 0 radical (unpaired) electrons. The van der Waals surface area contributed by atoms with Gasteiger partial charge in [0.25, 0.3) is 0 Å². The van der Waals surface area contributed by atoms with E-state index in [0.717, 1.165) is 42.1 Å². The summed E-state index contributed by atoms with van der Waals surface area (Å²) < 4.78 is 7.43. The molecule has 1 fully saturated rings. The molecule has 0 saturated carbocycles. The minimum absolute atomic E-state index is 0.0657. The monoisotopic (exact) mass is 425 g/mol. The number of carbonyl (C=O) groups excluding carboxylic acids is 1. The van der Waals surface area contributed by atoms with Gasteiger partial charge in [-0.2, -0.15) is 0 Å². The first-order chi connectivity index (χ1) is 14.7. The lowest BCUT2D eigenvalue weighted by Gasteiger charge is -2.26. The lowest BCUT2D eigenvalue weighted by Crippen LogP contribution is -2.30. The normalized spacial score (nSPS) is 15.8. The van der Waals surface area contributed by atoms with E-state index < -0.39 is 0 Å². The summed E-state index contributed by atoms with van der Waals surface area (Å²) in [5.74, 6) is 1.85. The van der Waals surface area contributed by atoms with Crippen LogP contribution in [-0.4, -0.2) is 44.4 Å². The molecule has 0 aliphatic carbocycles. The average molecular weight is 426 g/mol. The second kappa shape index (κ2) is 9.95. The SMILES string of the molecule is C[C@@H](NC(=O)CSc1nnc(CN2CCCCC2)n1-c1ccccc1)c1ccco1. The molecule has 3 aromatic rings. The summed E-state index contributed by atoms with van der Waals surface area (Å²) >= 11 is 1.40. The van der Waals surface area contributed by atoms with Gasteiger partial charge in [0.15, 0.2) is 11.0 Å². The molecule has 1 aromatic carbocycles. The van der Waals surface area contributed by atoms with Crippen LogP contribution in [0, 0.1) is 0 Å². The van der Waals surface area contributed by atoms with Crippen LogP contribution in [0.5, 0.6) is 0 Å². The Morgan fingerprint density at radius 2 is 1.93 bits per heavy atom. The second-order valence-electron chi connectivity index (χ2n) is 7.50. The van der Waals surface area contributed by atoms with Gasteiger partial charge in [-0.25, -0.2) is 0 Å². The first-order valence-corrected chi connectivity index (χ1v) is 11.4. The Morgan fingerprint density at radius 1 is 1.13 bits per heavy atom. The first-order valence-electron chi connectivity index (χ1n) is 10.4. The number of amides is 1. The maximum atomic E-state index is 12.5. The minimum Gasteiger partial charge on any atom is -0.467 e. The zero-order chi connectivity index (χ0) is 20.8. The quantitative estimate of drug-likeness (QED) is 0.553. The van der Waals surface area contributed by atoms with E-state index in [4.69, 9.17) is 4.42 Å². The van der Waals surface area contributed by atoms with Gasteiger partial charge in [0.2, 0.25) is 5.91 Å². The molecule has 4 rings (SSSR count). The number of piperidine rings is 1. The van der Waals surface area contributed by atoms with Gasteiger partial charge in [-0.1, -0.05) is 36.4 Å². The molecule has 1 saturated heterocycles. The van der Waals surface area contributed by atoms with Gasteiger partial charge in [0.1, 0.15) is 5.76 Å². The van der Waals surface area contributed by atoms with E-state index in [1.165, 1.54) is 31.0 Å². The Morgan fingerprint density at radius 3 is 2.67 bits per heavy atom. The van der Waals surface area contributed by atoms with Crippen molar-refractivity contribution in [3.05, 3.63) is 60.3 Å². The molecule has 1 aliphatic rings. The molecule has 7 nitrogen and oxygen atoms in total. The number of nitrogens with one attached hydrogen (secondary N) is 1. The number of rotatable bonds is 8. The zero-order valence-electron chi connectivity index (χ0n) is 17.2. The molecule has 2 aromatic heterocycles. The van der Waals surface area contributed by atoms with Crippen LogP contribution in [0.4, 0.5) is 0 Å². The summed E-state index contributed by atoms with van der Waals surface area (Å²) in [6.07, 6.45) is 5.37. The largest absolute Gasteiger partial charge is 0.467 e. The number of aromatic nitrogens is 3. The Bertz CT molecular complexity index is 936. The van der Waals surface area contributed by atoms with Crippen molar-refractivity contribution in [3.63, 3.8) is 0 Å². The van der Waals surface area contributed by atoms with Crippen molar-refractivity contribution in [2.75, 3.05) is 18.8 Å². The zero-order valence-corrected chi connectivity index (χ0v) is 18.0. The number of hydrogen-bond acceptors (Lipinski definition) is 6. The Kier molecular flexibility index (Phi) is 6.86. The summed E-state index contributed by atoms with van der Waals surface area (Å²) in [5, 5.41) is 12.6. The number of thioether (sulfide) groups is 1. The van der Waals surface area contributed by atoms with Gasteiger partial charge in [-0.3, -0.25) is 14.3 Å². The summed E-state index contributed by atoms with van der Waals surface area (Å²) in [6.45, 7) is 4.86. The number of nitrogens with zero attached hydrogens (tertiary/aromatic N) is 4. The number of para-hydroxylation sites is 1. The number of hydrogen-bond donors (Lipinski definition) is 1. The van der Waals surface area contributed by atoms with E-state index in [9.17, 15) is 4.79 Å². The molecular formula is C22H27N5O2S. The molecule has 1 N–H and O–H groups in total. The molecule has 1 aliphatic heterocycles. The fourth-order valence-corrected chi connectivity index (χ4v) is 4.45.